The summed E-state index contributed by atoms with van der Waals surface area (Å²) in [5.74, 6) is -4.89. The zero-order chi connectivity index (χ0) is 16.9. The molecule has 1 aromatic rings. The van der Waals surface area contributed by atoms with Crippen LogP contribution in [0.25, 0.3) is 0 Å². The van der Waals surface area contributed by atoms with Crippen LogP contribution in [0.3, 0.4) is 0 Å². The maximum absolute atomic E-state index is 13.4. The molecule has 0 aliphatic heterocycles. The number of ketones is 1. The van der Waals surface area contributed by atoms with E-state index in [2.05, 4.69) is 4.74 Å². The predicted octanol–water partition coefficient (Wildman–Crippen LogP) is 1.25. The first-order valence-electron chi connectivity index (χ1n) is 6.26. The highest BCUT2D eigenvalue weighted by Gasteiger charge is 2.22. The molecular weight excluding hydrogens is 296 g/mol. The van der Waals surface area contributed by atoms with Crippen molar-refractivity contribution >= 4 is 17.6 Å². The van der Waals surface area contributed by atoms with E-state index < -0.39 is 41.4 Å². The van der Waals surface area contributed by atoms with Gasteiger partial charge in [-0.1, -0.05) is 13.0 Å². The van der Waals surface area contributed by atoms with Gasteiger partial charge in [0.25, 0.3) is 0 Å². The van der Waals surface area contributed by atoms with Crippen LogP contribution >= 0.6 is 0 Å². The maximum atomic E-state index is 13.4. The number of ether oxygens (including phenoxy) is 1. The summed E-state index contributed by atoms with van der Waals surface area (Å²) >= 11 is 0. The van der Waals surface area contributed by atoms with E-state index in [0.29, 0.717) is 0 Å². The number of benzene rings is 1. The number of nitrogens with two attached hydrogens (primary N) is 2. The van der Waals surface area contributed by atoms with E-state index in [1.165, 1.54) is 0 Å². The summed E-state index contributed by atoms with van der Waals surface area (Å²) in [5, 5.41) is 7.27. The third-order valence-corrected chi connectivity index (χ3v) is 2.75. The molecule has 0 spiro atoms. The topological polar surface area (TPSA) is 119 Å². The van der Waals surface area contributed by atoms with Crippen molar-refractivity contribution in [2.45, 2.75) is 13.3 Å². The molecule has 8 heteroatoms. The summed E-state index contributed by atoms with van der Waals surface area (Å²) in [6, 6.07) is 2.92. The molecule has 0 aliphatic rings. The van der Waals surface area contributed by atoms with Crippen LogP contribution in [0.2, 0.25) is 0 Å². The van der Waals surface area contributed by atoms with Crippen molar-refractivity contribution in [2.24, 2.45) is 11.5 Å². The number of halogens is 2. The highest BCUT2D eigenvalue weighted by Crippen LogP contribution is 2.13. The van der Waals surface area contributed by atoms with Crippen LogP contribution < -0.4 is 11.5 Å². The highest BCUT2D eigenvalue weighted by atomic mass is 19.1. The molecule has 0 saturated heterocycles. The van der Waals surface area contributed by atoms with Gasteiger partial charge < -0.3 is 16.2 Å². The second kappa shape index (κ2) is 7.30. The number of carbonyl (C=O) groups is 2. The molecule has 5 N–H and O–H groups in total. The van der Waals surface area contributed by atoms with Gasteiger partial charge in [-0.25, -0.2) is 13.6 Å². The fourth-order valence-corrected chi connectivity index (χ4v) is 1.63. The largest absolute Gasteiger partial charge is 0.454 e. The monoisotopic (exact) mass is 311 g/mol. The van der Waals surface area contributed by atoms with Crippen molar-refractivity contribution in [3.63, 3.8) is 0 Å². The normalized spacial score (nSPS) is 11.6. The Kier molecular flexibility index (Phi) is 5.73. The smallest absolute Gasteiger partial charge is 0.344 e. The van der Waals surface area contributed by atoms with Crippen LogP contribution in [0.5, 0.6) is 0 Å². The minimum atomic E-state index is -1.10. The van der Waals surface area contributed by atoms with E-state index in [-0.39, 0.29) is 17.7 Å². The van der Waals surface area contributed by atoms with Crippen LogP contribution in [-0.2, 0) is 9.53 Å². The Morgan fingerprint density at radius 2 is 1.77 bits per heavy atom. The van der Waals surface area contributed by atoms with E-state index in [1.807, 2.05) is 0 Å². The van der Waals surface area contributed by atoms with Gasteiger partial charge in [0.2, 0.25) is 5.78 Å². The Bertz CT molecular complexity index is 636. The van der Waals surface area contributed by atoms with Gasteiger partial charge in [0.1, 0.15) is 23.0 Å². The molecule has 0 fully saturated rings. The first-order chi connectivity index (χ1) is 10.3. The molecule has 1 aromatic carbocycles. The average Bonchev–Trinajstić information content (AvgIpc) is 2.44. The predicted molar refractivity (Wildman–Crippen MR) is 75.1 cm³/mol. The van der Waals surface area contributed by atoms with Gasteiger partial charge in [0.15, 0.2) is 6.61 Å². The SMILES string of the molecule is CC/C(N)=C(/C(=N)N)C(=O)OCC(=O)c1c(F)cccc1F. The van der Waals surface area contributed by atoms with Crippen LogP contribution in [0.15, 0.2) is 29.5 Å². The number of rotatable bonds is 6. The van der Waals surface area contributed by atoms with Crippen LogP contribution in [-0.4, -0.2) is 24.2 Å². The maximum Gasteiger partial charge on any atom is 0.344 e. The first-order valence-corrected chi connectivity index (χ1v) is 6.26. The lowest BCUT2D eigenvalue weighted by molar-refractivity contribution is -0.137. The van der Waals surface area contributed by atoms with Gasteiger partial charge in [-0.2, -0.15) is 0 Å². The van der Waals surface area contributed by atoms with Gasteiger partial charge in [-0.05, 0) is 18.6 Å². The standard InChI is InChI=1S/C14H15F2N3O3/c1-2-9(17)12(13(18)19)14(21)22-6-10(20)11-7(15)4-3-5-8(11)16/h3-5H,2,6,17H2,1H3,(H3,18,19)/b12-9+. The number of amidine groups is 1. The average molecular weight is 311 g/mol. The molecule has 118 valence electrons. The van der Waals surface area contributed by atoms with Gasteiger partial charge in [-0.15, -0.1) is 0 Å². The number of Topliss-reactive ketones (excluding diaryl/α,β-unsaturated/α-hetero) is 1. The molecular formula is C14H15F2N3O3. The Morgan fingerprint density at radius 1 is 1.23 bits per heavy atom. The molecule has 0 amide bonds. The van der Waals surface area contributed by atoms with E-state index in [0.717, 1.165) is 18.2 Å². The zero-order valence-electron chi connectivity index (χ0n) is 11.8. The highest BCUT2D eigenvalue weighted by molar-refractivity contribution is 6.17. The fraction of sp³-hybridized carbons (Fsp3) is 0.214. The van der Waals surface area contributed by atoms with Crippen molar-refractivity contribution in [2.75, 3.05) is 6.61 Å². The Hall–Kier alpha value is -2.77. The van der Waals surface area contributed by atoms with Gasteiger partial charge in [0, 0.05) is 5.70 Å². The Balaban J connectivity index is 2.88. The molecule has 0 atom stereocenters. The Morgan fingerprint density at radius 3 is 2.23 bits per heavy atom. The van der Waals surface area contributed by atoms with Gasteiger partial charge >= 0.3 is 5.97 Å². The number of allylic oxidation sites excluding steroid dienone is 1. The van der Waals surface area contributed by atoms with E-state index in [4.69, 9.17) is 16.9 Å². The second-order valence-electron chi connectivity index (χ2n) is 4.26. The lowest BCUT2D eigenvalue weighted by Crippen LogP contribution is -2.27. The quantitative estimate of drug-likeness (QED) is 0.240. The lowest BCUT2D eigenvalue weighted by Gasteiger charge is -2.10. The molecule has 0 radical (unpaired) electrons. The molecule has 0 bridgehead atoms. The molecule has 6 nitrogen and oxygen atoms in total. The number of hydrogen-bond acceptors (Lipinski definition) is 5. The van der Waals surface area contributed by atoms with Crippen molar-refractivity contribution in [3.05, 3.63) is 46.7 Å². The summed E-state index contributed by atoms with van der Waals surface area (Å²) in [6.07, 6.45) is 0.236. The summed E-state index contributed by atoms with van der Waals surface area (Å²) in [7, 11) is 0. The van der Waals surface area contributed by atoms with Crippen molar-refractivity contribution in [1.82, 2.24) is 0 Å². The van der Waals surface area contributed by atoms with Crippen LogP contribution in [0.1, 0.15) is 23.7 Å². The van der Waals surface area contributed by atoms with Gasteiger partial charge in [-0.3, -0.25) is 10.2 Å². The van der Waals surface area contributed by atoms with E-state index >= 15 is 0 Å². The van der Waals surface area contributed by atoms with Crippen LogP contribution in [0.4, 0.5) is 8.78 Å². The fourth-order valence-electron chi connectivity index (χ4n) is 1.63. The second-order valence-corrected chi connectivity index (χ2v) is 4.26. The molecule has 0 saturated carbocycles. The number of carbonyl (C=O) groups excluding carboxylic acids is 2. The molecule has 1 rings (SSSR count). The number of esters is 1. The first kappa shape index (κ1) is 17.3. The third-order valence-electron chi connectivity index (χ3n) is 2.75. The van der Waals surface area contributed by atoms with E-state index in [9.17, 15) is 18.4 Å². The van der Waals surface area contributed by atoms with E-state index in [1.54, 1.807) is 6.92 Å². The molecule has 0 aliphatic carbocycles. The minimum absolute atomic E-state index is 0.0158. The number of hydrogen-bond donors (Lipinski definition) is 3. The summed E-state index contributed by atoms with van der Waals surface area (Å²) < 4.78 is 31.5. The van der Waals surface area contributed by atoms with Crippen molar-refractivity contribution in [1.29, 1.82) is 5.41 Å². The van der Waals surface area contributed by atoms with Gasteiger partial charge in [0.05, 0.1) is 5.56 Å². The summed E-state index contributed by atoms with van der Waals surface area (Å²) in [5.41, 5.74) is 9.60. The summed E-state index contributed by atoms with van der Waals surface area (Å²) in [6.45, 7) is 0.732. The molecule has 0 heterocycles. The molecule has 22 heavy (non-hydrogen) atoms. The minimum Gasteiger partial charge on any atom is -0.454 e. The van der Waals surface area contributed by atoms with Crippen LogP contribution in [0, 0.1) is 17.0 Å². The lowest BCUT2D eigenvalue weighted by atomic mass is 10.1. The van der Waals surface area contributed by atoms with Crippen molar-refractivity contribution < 1.29 is 23.1 Å². The molecule has 0 aromatic heterocycles. The molecule has 0 unspecified atom stereocenters. The number of nitrogens with one attached hydrogen (secondary N) is 1. The van der Waals surface area contributed by atoms with Crippen molar-refractivity contribution in [3.8, 4) is 0 Å². The zero-order valence-corrected chi connectivity index (χ0v) is 11.8. The third kappa shape index (κ3) is 3.87. The Labute approximate surface area is 125 Å². The summed E-state index contributed by atoms with van der Waals surface area (Å²) in [4.78, 5) is 23.5.